The highest BCUT2D eigenvalue weighted by Gasteiger charge is 2.28. The van der Waals surface area contributed by atoms with Crippen LogP contribution in [0.15, 0.2) is 15.8 Å². The zero-order valence-electron chi connectivity index (χ0n) is 11.1. The molecule has 0 bridgehead atoms. The molecule has 0 aromatic carbocycles. The van der Waals surface area contributed by atoms with Crippen LogP contribution in [-0.4, -0.2) is 51.5 Å². The molecule has 0 radical (unpaired) electrons. The number of ether oxygens (including phenoxy) is 1. The molecule has 5 N–H and O–H groups in total. The number of hydrogen-bond acceptors (Lipinski definition) is 7. The van der Waals surface area contributed by atoms with Crippen molar-refractivity contribution >= 4 is 17.7 Å². The Balaban J connectivity index is 2.29. The lowest BCUT2D eigenvalue weighted by molar-refractivity contribution is -0.00650. The summed E-state index contributed by atoms with van der Waals surface area (Å²) < 4.78 is 6.58. The molecule has 1 fully saturated rings. The third-order valence-corrected chi connectivity index (χ3v) is 3.94. The zero-order chi connectivity index (χ0) is 15.4. The summed E-state index contributed by atoms with van der Waals surface area (Å²) in [7, 11) is 0. The number of aromatic nitrogens is 2. The minimum absolute atomic E-state index is 0.177. The monoisotopic (exact) mass is 316 g/mol. The topological polar surface area (TPSA) is 139 Å². The fourth-order valence-electron chi connectivity index (χ4n) is 1.83. The molecule has 116 valence electrons. The van der Waals surface area contributed by atoms with Crippen molar-refractivity contribution in [2.75, 3.05) is 25.4 Å². The summed E-state index contributed by atoms with van der Waals surface area (Å²) in [5.74, 6) is -0.180. The minimum atomic E-state index is -0.768. The number of carbonyl (C=O) groups is 1. The molecule has 21 heavy (non-hydrogen) atoms. The number of aliphatic hydroxyl groups excluding tert-OH is 1. The summed E-state index contributed by atoms with van der Waals surface area (Å²) in [5, 5.41) is 11.5. The van der Waals surface area contributed by atoms with E-state index in [9.17, 15) is 14.4 Å². The highest BCUT2D eigenvalue weighted by molar-refractivity contribution is 8.00. The van der Waals surface area contributed by atoms with Gasteiger partial charge in [-0.2, -0.15) is 0 Å². The summed E-state index contributed by atoms with van der Waals surface area (Å²) in [5.41, 5.74) is 3.22. The molecule has 0 unspecified atom stereocenters. The Morgan fingerprint density at radius 2 is 2.38 bits per heavy atom. The number of aromatic amines is 1. The first-order chi connectivity index (χ1) is 10.1. The minimum Gasteiger partial charge on any atom is -0.393 e. The van der Waals surface area contributed by atoms with E-state index in [2.05, 4.69) is 10.3 Å². The maximum absolute atomic E-state index is 11.8. The molecule has 1 aromatic rings. The van der Waals surface area contributed by atoms with Crippen molar-refractivity contribution in [2.45, 2.75) is 11.7 Å². The molecule has 1 saturated heterocycles. The second-order valence-electron chi connectivity index (χ2n) is 4.29. The van der Waals surface area contributed by atoms with E-state index in [1.54, 1.807) is 0 Å². The molecule has 1 amide bonds. The number of hydrogen-bond donors (Lipinski definition) is 4. The van der Waals surface area contributed by atoms with Gasteiger partial charge in [0.25, 0.3) is 11.5 Å². The number of nitrogens with two attached hydrogens (primary N) is 1. The van der Waals surface area contributed by atoms with Gasteiger partial charge in [0, 0.05) is 25.0 Å². The fraction of sp³-hybridized carbons (Fsp3) is 0.545. The van der Waals surface area contributed by atoms with E-state index in [0.29, 0.717) is 5.75 Å². The number of carbonyl (C=O) groups excluding carboxylic acids is 1. The van der Waals surface area contributed by atoms with E-state index < -0.39 is 28.8 Å². The fourth-order valence-corrected chi connectivity index (χ4v) is 2.76. The maximum atomic E-state index is 11.8. The van der Waals surface area contributed by atoms with Crippen molar-refractivity contribution in [1.82, 2.24) is 14.9 Å². The van der Waals surface area contributed by atoms with Gasteiger partial charge in [-0.25, -0.2) is 4.79 Å². The van der Waals surface area contributed by atoms with E-state index >= 15 is 0 Å². The molecule has 2 atom stereocenters. The maximum Gasteiger partial charge on any atom is 0.330 e. The molecule has 0 spiro atoms. The SMILES string of the molecule is NCCNC(=O)c1cn([C@@H]2CS[C@@H](CO)O2)c(=O)[nH]c1=O. The Bertz CT molecular complexity index is 628. The van der Waals surface area contributed by atoms with Gasteiger partial charge in [-0.05, 0) is 0 Å². The average Bonchev–Trinajstić information content (AvgIpc) is 2.93. The lowest BCUT2D eigenvalue weighted by atomic mass is 10.3. The Morgan fingerprint density at radius 1 is 1.62 bits per heavy atom. The lowest BCUT2D eigenvalue weighted by Crippen LogP contribution is -2.39. The van der Waals surface area contributed by atoms with Gasteiger partial charge in [0.15, 0.2) is 0 Å². The highest BCUT2D eigenvalue weighted by atomic mass is 32.2. The number of amides is 1. The summed E-state index contributed by atoms with van der Waals surface area (Å²) in [6.07, 6.45) is 0.524. The predicted molar refractivity (Wildman–Crippen MR) is 76.2 cm³/mol. The number of aliphatic hydroxyl groups is 1. The van der Waals surface area contributed by atoms with Crippen LogP contribution in [0.1, 0.15) is 16.6 Å². The normalized spacial score (nSPS) is 21.4. The lowest BCUT2D eigenvalue weighted by Gasteiger charge is -2.14. The van der Waals surface area contributed by atoms with Crippen molar-refractivity contribution < 1.29 is 14.6 Å². The van der Waals surface area contributed by atoms with E-state index in [0.717, 1.165) is 10.8 Å². The number of H-pyrrole nitrogens is 1. The Kier molecular flexibility index (Phi) is 5.17. The molecule has 10 heteroatoms. The number of rotatable bonds is 5. The summed E-state index contributed by atoms with van der Waals surface area (Å²) in [6.45, 7) is 0.284. The standard InChI is InChI=1S/C11H16N4O5S/c12-1-2-13-9(17)6-3-15(11(19)14-10(6)18)7-5-21-8(4-16)20-7/h3,7-8,16H,1-2,4-5,12H2,(H,13,17)(H,14,18,19)/t7-,8-/m0/s1. The van der Waals surface area contributed by atoms with E-state index in [1.807, 2.05) is 0 Å². The number of nitrogens with zero attached hydrogens (tertiary/aromatic N) is 1. The highest BCUT2D eigenvalue weighted by Crippen LogP contribution is 2.30. The largest absolute Gasteiger partial charge is 0.393 e. The molecular formula is C11H16N4O5S. The second-order valence-corrected chi connectivity index (χ2v) is 5.48. The molecule has 1 aliphatic rings. The van der Waals surface area contributed by atoms with Crippen LogP contribution in [0.3, 0.4) is 0 Å². The first-order valence-corrected chi connectivity index (χ1v) is 7.33. The second kappa shape index (κ2) is 6.89. The van der Waals surface area contributed by atoms with Gasteiger partial charge in [0.1, 0.15) is 17.2 Å². The Labute approximate surface area is 123 Å². The predicted octanol–water partition coefficient (Wildman–Crippen LogP) is -2.19. The van der Waals surface area contributed by atoms with E-state index in [-0.39, 0.29) is 25.3 Å². The number of thioether (sulfide) groups is 1. The van der Waals surface area contributed by atoms with Crippen molar-refractivity contribution in [2.24, 2.45) is 5.73 Å². The van der Waals surface area contributed by atoms with Crippen LogP contribution in [0.2, 0.25) is 0 Å². The number of nitrogens with one attached hydrogen (secondary N) is 2. The van der Waals surface area contributed by atoms with Gasteiger partial charge in [-0.3, -0.25) is 19.1 Å². The third kappa shape index (κ3) is 3.53. The van der Waals surface area contributed by atoms with Gasteiger partial charge in [0.05, 0.1) is 6.61 Å². The summed E-state index contributed by atoms with van der Waals surface area (Å²) >= 11 is 1.35. The van der Waals surface area contributed by atoms with Crippen LogP contribution < -0.4 is 22.3 Å². The van der Waals surface area contributed by atoms with Crippen LogP contribution >= 0.6 is 11.8 Å². The van der Waals surface area contributed by atoms with Gasteiger partial charge < -0.3 is 20.9 Å². The summed E-state index contributed by atoms with van der Waals surface area (Å²) in [6, 6.07) is 0. The third-order valence-electron chi connectivity index (χ3n) is 2.84. The first-order valence-electron chi connectivity index (χ1n) is 6.28. The van der Waals surface area contributed by atoms with Gasteiger partial charge >= 0.3 is 5.69 Å². The van der Waals surface area contributed by atoms with E-state index in [1.165, 1.54) is 11.8 Å². The average molecular weight is 316 g/mol. The Hall–Kier alpha value is -1.62. The molecule has 2 heterocycles. The smallest absolute Gasteiger partial charge is 0.330 e. The van der Waals surface area contributed by atoms with Crippen molar-refractivity contribution in [3.8, 4) is 0 Å². The molecule has 0 saturated carbocycles. The Morgan fingerprint density at radius 3 is 3.00 bits per heavy atom. The van der Waals surface area contributed by atoms with Gasteiger partial charge in [-0.15, -0.1) is 11.8 Å². The van der Waals surface area contributed by atoms with Gasteiger partial charge in [0.2, 0.25) is 0 Å². The van der Waals surface area contributed by atoms with E-state index in [4.69, 9.17) is 15.6 Å². The van der Waals surface area contributed by atoms with Crippen molar-refractivity contribution in [3.63, 3.8) is 0 Å². The zero-order valence-corrected chi connectivity index (χ0v) is 11.9. The van der Waals surface area contributed by atoms with Gasteiger partial charge in [-0.1, -0.05) is 0 Å². The summed E-state index contributed by atoms with van der Waals surface area (Å²) in [4.78, 5) is 37.4. The first kappa shape index (κ1) is 15.8. The van der Waals surface area contributed by atoms with Crippen molar-refractivity contribution in [3.05, 3.63) is 32.6 Å². The molecule has 0 aliphatic carbocycles. The van der Waals surface area contributed by atoms with Crippen molar-refractivity contribution in [1.29, 1.82) is 0 Å². The van der Waals surface area contributed by atoms with Crippen LogP contribution in [0.25, 0.3) is 0 Å². The van der Waals surface area contributed by atoms with Crippen LogP contribution in [0.4, 0.5) is 0 Å². The quantitative estimate of drug-likeness (QED) is 0.483. The molecule has 2 rings (SSSR count). The van der Waals surface area contributed by atoms with Crippen LogP contribution in [0.5, 0.6) is 0 Å². The molecule has 1 aromatic heterocycles. The van der Waals surface area contributed by atoms with Crippen LogP contribution in [0, 0.1) is 0 Å². The van der Waals surface area contributed by atoms with Crippen LogP contribution in [-0.2, 0) is 4.74 Å². The molecule has 1 aliphatic heterocycles. The molecule has 9 nitrogen and oxygen atoms in total. The molecular weight excluding hydrogens is 300 g/mol.